The van der Waals surface area contributed by atoms with Crippen molar-refractivity contribution < 1.29 is 19.4 Å². The number of aliphatic hydroxyl groups is 1. The molecule has 1 saturated carbocycles. The van der Waals surface area contributed by atoms with Gasteiger partial charge in [0.2, 0.25) is 0 Å². The lowest BCUT2D eigenvalue weighted by Crippen LogP contribution is -2.14. The standard InChI is InChI=1S/C28H38O4S/c1-4-5-6-10-25(29)21-13-11-20(12-14-21)23-16-17-26(30)24(23)9-7-8-22-15-18-27(33-22)28(31)32-19(2)3/h11-15,18-19,23-25,29H,4-10,16-17H2,1-3H3/t23-,24-,25?/m1/s1. The summed E-state index contributed by atoms with van der Waals surface area (Å²) >= 11 is 1.49. The molecule has 5 heteroatoms. The van der Waals surface area contributed by atoms with E-state index in [0.717, 1.165) is 61.8 Å². The molecule has 0 spiro atoms. The number of thiophene rings is 1. The Kier molecular flexibility index (Phi) is 9.69. The number of ether oxygens (including phenoxy) is 1. The number of esters is 1. The Bertz CT molecular complexity index is 899. The van der Waals surface area contributed by atoms with Gasteiger partial charge in [0.25, 0.3) is 0 Å². The van der Waals surface area contributed by atoms with Crippen molar-refractivity contribution in [3.63, 3.8) is 0 Å². The maximum atomic E-state index is 12.6. The van der Waals surface area contributed by atoms with Gasteiger partial charge in [-0.05, 0) is 75.1 Å². The topological polar surface area (TPSA) is 63.6 Å². The Hall–Kier alpha value is -1.98. The maximum absolute atomic E-state index is 12.6. The van der Waals surface area contributed by atoms with Crippen LogP contribution in [0.25, 0.3) is 0 Å². The highest BCUT2D eigenvalue weighted by atomic mass is 32.1. The Balaban J connectivity index is 1.54. The van der Waals surface area contributed by atoms with Crippen LogP contribution in [-0.2, 0) is 16.0 Å². The van der Waals surface area contributed by atoms with Crippen LogP contribution in [0, 0.1) is 5.92 Å². The predicted molar refractivity (Wildman–Crippen MR) is 134 cm³/mol. The molecule has 1 N–H and O–H groups in total. The van der Waals surface area contributed by atoms with E-state index in [1.54, 1.807) is 0 Å². The third-order valence-corrected chi connectivity index (χ3v) is 7.70. The van der Waals surface area contributed by atoms with Gasteiger partial charge in [0, 0.05) is 17.2 Å². The van der Waals surface area contributed by atoms with Crippen LogP contribution in [0.5, 0.6) is 0 Å². The Morgan fingerprint density at radius 3 is 2.58 bits per heavy atom. The summed E-state index contributed by atoms with van der Waals surface area (Å²) in [4.78, 5) is 26.5. The summed E-state index contributed by atoms with van der Waals surface area (Å²) in [5.41, 5.74) is 2.19. The molecule has 4 nitrogen and oxygen atoms in total. The van der Waals surface area contributed by atoms with E-state index in [9.17, 15) is 14.7 Å². The molecule has 2 aromatic rings. The molecule has 1 unspecified atom stereocenters. The van der Waals surface area contributed by atoms with E-state index in [1.807, 2.05) is 38.1 Å². The molecule has 1 aliphatic carbocycles. The molecule has 1 aromatic carbocycles. The molecule has 3 rings (SSSR count). The van der Waals surface area contributed by atoms with Crippen molar-refractivity contribution in [1.82, 2.24) is 0 Å². The molecule has 0 aliphatic heterocycles. The van der Waals surface area contributed by atoms with Gasteiger partial charge in [-0.15, -0.1) is 11.3 Å². The van der Waals surface area contributed by atoms with Gasteiger partial charge in [-0.3, -0.25) is 4.79 Å². The number of hydrogen-bond donors (Lipinski definition) is 1. The van der Waals surface area contributed by atoms with E-state index in [1.165, 1.54) is 16.9 Å². The van der Waals surface area contributed by atoms with Crippen LogP contribution in [-0.4, -0.2) is 23.0 Å². The second-order valence-corrected chi connectivity index (χ2v) is 10.7. The Morgan fingerprint density at radius 1 is 1.12 bits per heavy atom. The van der Waals surface area contributed by atoms with Crippen LogP contribution in [0.4, 0.5) is 0 Å². The molecule has 1 aromatic heterocycles. The van der Waals surface area contributed by atoms with Crippen molar-refractivity contribution in [1.29, 1.82) is 0 Å². The molecule has 0 saturated heterocycles. The number of hydrogen-bond acceptors (Lipinski definition) is 5. The van der Waals surface area contributed by atoms with Crippen LogP contribution in [0.3, 0.4) is 0 Å². The lowest BCUT2D eigenvalue weighted by molar-refractivity contribution is -0.121. The van der Waals surface area contributed by atoms with Gasteiger partial charge < -0.3 is 9.84 Å². The molecule has 180 valence electrons. The lowest BCUT2D eigenvalue weighted by atomic mass is 9.84. The van der Waals surface area contributed by atoms with Crippen LogP contribution in [0.15, 0.2) is 36.4 Å². The van der Waals surface area contributed by atoms with E-state index in [-0.39, 0.29) is 23.9 Å². The average molecular weight is 471 g/mol. The van der Waals surface area contributed by atoms with E-state index in [2.05, 4.69) is 19.1 Å². The molecular formula is C28H38O4S. The first kappa shape index (κ1) is 25.6. The highest BCUT2D eigenvalue weighted by Gasteiger charge is 2.35. The molecule has 0 amide bonds. The second kappa shape index (κ2) is 12.5. The van der Waals surface area contributed by atoms with Crippen molar-refractivity contribution in [3.8, 4) is 0 Å². The fourth-order valence-electron chi connectivity index (χ4n) is 4.78. The highest BCUT2D eigenvalue weighted by molar-refractivity contribution is 7.13. The molecule has 1 fully saturated rings. The smallest absolute Gasteiger partial charge is 0.348 e. The van der Waals surface area contributed by atoms with Crippen LogP contribution < -0.4 is 0 Å². The molecule has 3 atom stereocenters. The second-order valence-electron chi connectivity index (χ2n) is 9.51. The average Bonchev–Trinajstić information content (AvgIpc) is 3.41. The number of ketones is 1. The van der Waals surface area contributed by atoms with Crippen LogP contribution >= 0.6 is 11.3 Å². The minimum Gasteiger partial charge on any atom is -0.459 e. The fourth-order valence-corrected chi connectivity index (χ4v) is 5.71. The van der Waals surface area contributed by atoms with Gasteiger partial charge in [0.1, 0.15) is 10.7 Å². The number of Topliss-reactive ketones (excluding diaryl/α,β-unsaturated/α-hetero) is 1. The third-order valence-electron chi connectivity index (χ3n) is 6.58. The minimum absolute atomic E-state index is 0.0654. The normalized spacial score (nSPS) is 19.2. The first-order valence-electron chi connectivity index (χ1n) is 12.5. The number of benzene rings is 1. The number of carbonyl (C=O) groups is 2. The van der Waals surface area contributed by atoms with E-state index < -0.39 is 6.10 Å². The monoisotopic (exact) mass is 470 g/mol. The zero-order valence-electron chi connectivity index (χ0n) is 20.2. The number of rotatable bonds is 12. The van der Waals surface area contributed by atoms with Crippen molar-refractivity contribution in [2.24, 2.45) is 5.92 Å². The van der Waals surface area contributed by atoms with Gasteiger partial charge in [-0.1, -0.05) is 50.5 Å². The first-order valence-corrected chi connectivity index (χ1v) is 13.3. The zero-order valence-corrected chi connectivity index (χ0v) is 21.0. The van der Waals surface area contributed by atoms with Gasteiger partial charge in [-0.2, -0.15) is 0 Å². The quantitative estimate of drug-likeness (QED) is 0.268. The van der Waals surface area contributed by atoms with Gasteiger partial charge >= 0.3 is 5.97 Å². The summed E-state index contributed by atoms with van der Waals surface area (Å²) in [6, 6.07) is 12.1. The largest absolute Gasteiger partial charge is 0.459 e. The van der Waals surface area contributed by atoms with Crippen molar-refractivity contribution in [2.45, 2.75) is 96.7 Å². The minimum atomic E-state index is -0.403. The Morgan fingerprint density at radius 2 is 1.88 bits per heavy atom. The molecule has 0 bridgehead atoms. The van der Waals surface area contributed by atoms with Crippen molar-refractivity contribution in [2.75, 3.05) is 0 Å². The third kappa shape index (κ3) is 7.25. The van der Waals surface area contributed by atoms with Gasteiger partial charge in [0.05, 0.1) is 12.2 Å². The summed E-state index contributed by atoms with van der Waals surface area (Å²) in [5, 5.41) is 10.4. The van der Waals surface area contributed by atoms with Crippen LogP contribution in [0.1, 0.15) is 110 Å². The summed E-state index contributed by atoms with van der Waals surface area (Å²) in [7, 11) is 0. The van der Waals surface area contributed by atoms with Crippen molar-refractivity contribution >= 4 is 23.1 Å². The lowest BCUT2D eigenvalue weighted by Gasteiger charge is -2.20. The van der Waals surface area contributed by atoms with Crippen LogP contribution in [0.2, 0.25) is 0 Å². The highest BCUT2D eigenvalue weighted by Crippen LogP contribution is 2.40. The predicted octanol–water partition coefficient (Wildman–Crippen LogP) is 7.01. The van der Waals surface area contributed by atoms with Crippen molar-refractivity contribution in [3.05, 3.63) is 57.3 Å². The molecule has 33 heavy (non-hydrogen) atoms. The van der Waals surface area contributed by atoms with Gasteiger partial charge in [0.15, 0.2) is 0 Å². The Labute approximate surface area is 202 Å². The summed E-state index contributed by atoms with van der Waals surface area (Å²) in [6.07, 6.45) is 7.87. The SMILES string of the molecule is CCCCCC(O)c1ccc([C@H]2CCC(=O)[C@@H]2CCCc2ccc(C(=O)OC(C)C)s2)cc1. The molecular weight excluding hydrogens is 432 g/mol. The van der Waals surface area contributed by atoms with E-state index in [0.29, 0.717) is 17.1 Å². The number of aryl methyl sites for hydroxylation is 1. The molecule has 1 heterocycles. The summed E-state index contributed by atoms with van der Waals surface area (Å²) < 4.78 is 5.27. The number of aliphatic hydroxyl groups excluding tert-OH is 1. The summed E-state index contributed by atoms with van der Waals surface area (Å²) in [6.45, 7) is 5.87. The molecule has 0 radical (unpaired) electrons. The van der Waals surface area contributed by atoms with E-state index in [4.69, 9.17) is 4.74 Å². The number of unbranched alkanes of at least 4 members (excludes halogenated alkanes) is 2. The first-order chi connectivity index (χ1) is 15.9. The van der Waals surface area contributed by atoms with Gasteiger partial charge in [-0.25, -0.2) is 4.79 Å². The fraction of sp³-hybridized carbons (Fsp3) is 0.571. The molecule has 1 aliphatic rings. The number of carbonyl (C=O) groups excluding carboxylic acids is 2. The zero-order chi connectivity index (χ0) is 23.8. The summed E-state index contributed by atoms with van der Waals surface area (Å²) in [5.74, 6) is 0.446. The van der Waals surface area contributed by atoms with E-state index >= 15 is 0 Å². The maximum Gasteiger partial charge on any atom is 0.348 e.